The normalized spacial score (nSPS) is 22.6. The van der Waals surface area contributed by atoms with Crippen LogP contribution in [0.2, 0.25) is 0 Å². The third kappa shape index (κ3) is 5.14. The highest BCUT2D eigenvalue weighted by Crippen LogP contribution is 2.28. The molecular weight excluding hydrogens is 378 g/mol. The largest absolute Gasteiger partial charge is 0.384 e. The molecule has 2 fully saturated rings. The quantitative estimate of drug-likeness (QED) is 0.579. The fourth-order valence-corrected chi connectivity index (χ4v) is 6.49. The van der Waals surface area contributed by atoms with Crippen molar-refractivity contribution in [3.63, 3.8) is 0 Å². The number of imidazole rings is 1. The third-order valence-electron chi connectivity index (χ3n) is 6.07. The predicted octanol–water partition coefficient (Wildman–Crippen LogP) is 2.49. The predicted molar refractivity (Wildman–Crippen MR) is 108 cm³/mol. The van der Waals surface area contributed by atoms with Gasteiger partial charge in [0.2, 0.25) is 15.0 Å². The van der Waals surface area contributed by atoms with Crippen molar-refractivity contribution in [3.05, 3.63) is 11.9 Å². The number of likely N-dealkylation sites (tertiary alicyclic amines) is 1. The van der Waals surface area contributed by atoms with E-state index in [2.05, 4.69) is 9.88 Å². The van der Waals surface area contributed by atoms with Crippen LogP contribution < -0.4 is 0 Å². The number of hydrogen-bond acceptors (Lipinski definition) is 6. The first-order valence-corrected chi connectivity index (χ1v) is 12.1. The topological polar surface area (TPSA) is 73.7 Å². The number of sulfone groups is 1. The van der Waals surface area contributed by atoms with Crippen LogP contribution in [0.5, 0.6) is 0 Å². The summed E-state index contributed by atoms with van der Waals surface area (Å²) in [5.41, 5.74) is 0.960. The zero-order chi connectivity index (χ0) is 20.0. The van der Waals surface area contributed by atoms with Gasteiger partial charge in [-0.3, -0.25) is 4.90 Å². The van der Waals surface area contributed by atoms with Gasteiger partial charge in [-0.15, -0.1) is 0 Å². The zero-order valence-electron chi connectivity index (χ0n) is 17.3. The molecule has 1 saturated heterocycles. The first kappa shape index (κ1) is 21.7. The van der Waals surface area contributed by atoms with Gasteiger partial charge in [0.25, 0.3) is 0 Å². The van der Waals surface area contributed by atoms with Crippen LogP contribution in [0, 0.1) is 5.92 Å². The van der Waals surface area contributed by atoms with Crippen molar-refractivity contribution in [1.29, 1.82) is 0 Å². The molecule has 1 saturated carbocycles. The van der Waals surface area contributed by atoms with Crippen LogP contribution in [0.25, 0.3) is 0 Å². The van der Waals surface area contributed by atoms with Gasteiger partial charge in [-0.1, -0.05) is 25.7 Å². The number of methoxy groups -OCH3 is 2. The summed E-state index contributed by atoms with van der Waals surface area (Å²) in [6.45, 7) is 4.48. The lowest BCUT2D eigenvalue weighted by Gasteiger charge is -2.20. The Morgan fingerprint density at radius 1 is 1.11 bits per heavy atom. The molecular formula is C20H35N3O4S. The monoisotopic (exact) mass is 413 g/mol. The lowest BCUT2D eigenvalue weighted by Crippen LogP contribution is -2.27. The van der Waals surface area contributed by atoms with E-state index in [1.807, 2.05) is 4.57 Å². The van der Waals surface area contributed by atoms with E-state index in [0.717, 1.165) is 76.9 Å². The molecule has 2 aliphatic rings. The number of rotatable bonds is 9. The van der Waals surface area contributed by atoms with E-state index in [9.17, 15) is 8.42 Å². The van der Waals surface area contributed by atoms with Crippen molar-refractivity contribution < 1.29 is 17.9 Å². The maximum absolute atomic E-state index is 13.4. The standard InChI is InChI=1S/C20H35N3O4S/c1-26-12-11-23-18(15-22-10-9-17(14-22)16-27-2)13-21-20(23)28(24,25)19-7-5-3-4-6-8-19/h13,17,19H,3-12,14-16H2,1-2H3. The van der Waals surface area contributed by atoms with Gasteiger partial charge in [0, 0.05) is 33.9 Å². The Morgan fingerprint density at radius 2 is 1.86 bits per heavy atom. The Hall–Kier alpha value is -0.960. The van der Waals surface area contributed by atoms with Crippen molar-refractivity contribution in [2.45, 2.75) is 68.4 Å². The molecule has 7 nitrogen and oxygen atoms in total. The molecule has 1 unspecified atom stereocenters. The van der Waals surface area contributed by atoms with Crippen LogP contribution in [-0.2, 0) is 32.4 Å². The van der Waals surface area contributed by atoms with Crippen LogP contribution in [0.4, 0.5) is 0 Å². The summed E-state index contributed by atoms with van der Waals surface area (Å²) in [7, 11) is -0.0329. The summed E-state index contributed by atoms with van der Waals surface area (Å²) in [6, 6.07) is 0. The molecule has 0 amide bonds. The van der Waals surface area contributed by atoms with Crippen LogP contribution in [0.3, 0.4) is 0 Å². The second-order valence-electron chi connectivity index (χ2n) is 8.18. The number of hydrogen-bond donors (Lipinski definition) is 0. The molecule has 1 aliphatic heterocycles. The first-order valence-electron chi connectivity index (χ1n) is 10.5. The second kappa shape index (κ2) is 10.2. The van der Waals surface area contributed by atoms with Crippen LogP contribution in [-0.4, -0.2) is 68.6 Å². The Balaban J connectivity index is 1.79. The molecule has 0 spiro atoms. The van der Waals surface area contributed by atoms with Gasteiger partial charge in [0.15, 0.2) is 0 Å². The van der Waals surface area contributed by atoms with E-state index < -0.39 is 9.84 Å². The summed E-state index contributed by atoms with van der Waals surface area (Å²) in [5, 5.41) is -0.0662. The summed E-state index contributed by atoms with van der Waals surface area (Å²) < 4.78 is 39.1. The van der Waals surface area contributed by atoms with E-state index in [1.165, 1.54) is 0 Å². The van der Waals surface area contributed by atoms with E-state index >= 15 is 0 Å². The summed E-state index contributed by atoms with van der Waals surface area (Å²) in [4.78, 5) is 6.78. The number of ether oxygens (including phenoxy) is 2. The van der Waals surface area contributed by atoms with Crippen LogP contribution in [0.1, 0.15) is 50.6 Å². The SMILES string of the molecule is COCCn1c(CN2CCC(COC)C2)cnc1S(=O)(=O)C1CCCCCC1. The van der Waals surface area contributed by atoms with Gasteiger partial charge in [-0.05, 0) is 31.7 Å². The Bertz CT molecular complexity index is 711. The molecule has 1 atom stereocenters. The molecule has 28 heavy (non-hydrogen) atoms. The molecule has 2 heterocycles. The Kier molecular flexibility index (Phi) is 7.91. The fourth-order valence-electron chi connectivity index (χ4n) is 4.53. The molecule has 8 heteroatoms. The summed E-state index contributed by atoms with van der Waals surface area (Å²) >= 11 is 0. The molecule has 1 aliphatic carbocycles. The molecule has 1 aromatic rings. The minimum atomic E-state index is -3.42. The van der Waals surface area contributed by atoms with Gasteiger partial charge in [-0.2, -0.15) is 0 Å². The van der Waals surface area contributed by atoms with E-state index in [0.29, 0.717) is 19.1 Å². The smallest absolute Gasteiger partial charge is 0.228 e. The maximum Gasteiger partial charge on any atom is 0.228 e. The maximum atomic E-state index is 13.4. The highest BCUT2D eigenvalue weighted by Gasteiger charge is 2.33. The van der Waals surface area contributed by atoms with Gasteiger partial charge >= 0.3 is 0 Å². The first-order chi connectivity index (χ1) is 13.6. The lowest BCUT2D eigenvalue weighted by atomic mass is 10.1. The van der Waals surface area contributed by atoms with E-state index in [4.69, 9.17) is 9.47 Å². The van der Waals surface area contributed by atoms with E-state index in [1.54, 1.807) is 20.4 Å². The van der Waals surface area contributed by atoms with Gasteiger partial charge < -0.3 is 14.0 Å². The number of aromatic nitrogens is 2. The number of nitrogens with zero attached hydrogens (tertiary/aromatic N) is 3. The van der Waals surface area contributed by atoms with Crippen LogP contribution in [0.15, 0.2) is 11.4 Å². The van der Waals surface area contributed by atoms with Crippen molar-refractivity contribution >= 4 is 9.84 Å². The van der Waals surface area contributed by atoms with Gasteiger partial charge in [0.1, 0.15) is 0 Å². The summed E-state index contributed by atoms with van der Waals surface area (Å²) in [6.07, 6.45) is 8.61. The average molecular weight is 414 g/mol. The van der Waals surface area contributed by atoms with Gasteiger partial charge in [0.05, 0.1) is 30.4 Å². The summed E-state index contributed by atoms with van der Waals surface area (Å²) in [5.74, 6) is 0.550. The lowest BCUT2D eigenvalue weighted by molar-refractivity contribution is 0.152. The van der Waals surface area contributed by atoms with E-state index in [-0.39, 0.29) is 10.4 Å². The van der Waals surface area contributed by atoms with Crippen molar-refractivity contribution in [2.75, 3.05) is 40.5 Å². The van der Waals surface area contributed by atoms with Crippen LogP contribution >= 0.6 is 0 Å². The molecule has 0 N–H and O–H groups in total. The fraction of sp³-hybridized carbons (Fsp3) is 0.850. The molecule has 3 rings (SSSR count). The van der Waals surface area contributed by atoms with Crippen molar-refractivity contribution in [2.24, 2.45) is 5.92 Å². The zero-order valence-corrected chi connectivity index (χ0v) is 18.1. The highest BCUT2D eigenvalue weighted by atomic mass is 32.2. The molecule has 0 bridgehead atoms. The van der Waals surface area contributed by atoms with Crippen molar-refractivity contribution in [1.82, 2.24) is 14.5 Å². The molecule has 1 aromatic heterocycles. The minimum Gasteiger partial charge on any atom is -0.384 e. The van der Waals surface area contributed by atoms with Crippen molar-refractivity contribution in [3.8, 4) is 0 Å². The van der Waals surface area contributed by atoms with Gasteiger partial charge in [-0.25, -0.2) is 13.4 Å². The Morgan fingerprint density at radius 3 is 2.54 bits per heavy atom. The molecule has 0 aromatic carbocycles. The minimum absolute atomic E-state index is 0.235. The second-order valence-corrected chi connectivity index (χ2v) is 10.3. The third-order valence-corrected chi connectivity index (χ3v) is 8.26. The molecule has 0 radical (unpaired) electrons. The Labute approximate surface area is 169 Å². The molecule has 160 valence electrons. The highest BCUT2D eigenvalue weighted by molar-refractivity contribution is 7.91. The average Bonchev–Trinajstić information content (AvgIpc) is 3.17.